The molecule has 2 aromatic carbocycles. The molecule has 4 rings (SSSR count). The summed E-state index contributed by atoms with van der Waals surface area (Å²) in [6.07, 6.45) is -0.867. The summed E-state index contributed by atoms with van der Waals surface area (Å²) in [5, 5.41) is 8.75. The number of hydrogen-bond donors (Lipinski definition) is 0. The Bertz CT molecular complexity index is 1010. The maximum atomic E-state index is 12.4. The summed E-state index contributed by atoms with van der Waals surface area (Å²) in [7, 11) is 0. The van der Waals surface area contributed by atoms with Crippen LogP contribution in [0.1, 0.15) is 11.4 Å². The average molecular weight is 374 g/mol. The number of aromatic nitrogens is 4. The number of nitrogens with zero attached hydrogens (tertiary/aromatic N) is 4. The molecule has 0 amide bonds. The second kappa shape index (κ2) is 7.40. The Hall–Kier alpha value is -3.87. The predicted octanol–water partition coefficient (Wildman–Crippen LogP) is 4.25. The van der Waals surface area contributed by atoms with E-state index < -0.39 is 6.16 Å². The van der Waals surface area contributed by atoms with Gasteiger partial charge in [-0.25, -0.2) is 14.2 Å². The van der Waals surface area contributed by atoms with E-state index in [9.17, 15) is 4.79 Å². The van der Waals surface area contributed by atoms with Crippen molar-refractivity contribution in [2.45, 2.75) is 13.8 Å². The third kappa shape index (κ3) is 3.64. The zero-order chi connectivity index (χ0) is 19.5. The molecular formula is C21H18N4O3. The van der Waals surface area contributed by atoms with Crippen LogP contribution in [-0.2, 0) is 0 Å². The first kappa shape index (κ1) is 17.5. The van der Waals surface area contributed by atoms with Gasteiger partial charge in [0.05, 0.1) is 22.8 Å². The molecule has 4 aromatic rings. The molecule has 0 fully saturated rings. The number of benzene rings is 2. The van der Waals surface area contributed by atoms with E-state index in [1.165, 1.54) is 0 Å². The lowest BCUT2D eigenvalue weighted by molar-refractivity contribution is 0.145. The summed E-state index contributed by atoms with van der Waals surface area (Å²) in [6.45, 7) is 3.65. The SMILES string of the molecule is Cc1cc(OC(=O)Oc2cc(C)nn2-c2ccccc2)n(-c2ccccc2)n1. The van der Waals surface area contributed by atoms with E-state index in [4.69, 9.17) is 9.47 Å². The van der Waals surface area contributed by atoms with Gasteiger partial charge in [-0.05, 0) is 38.1 Å². The number of hydrogen-bond acceptors (Lipinski definition) is 5. The second-order valence-electron chi connectivity index (χ2n) is 6.20. The van der Waals surface area contributed by atoms with Crippen LogP contribution in [0.3, 0.4) is 0 Å². The van der Waals surface area contributed by atoms with Crippen LogP contribution in [0.4, 0.5) is 4.79 Å². The van der Waals surface area contributed by atoms with Gasteiger partial charge < -0.3 is 9.47 Å². The Balaban J connectivity index is 1.57. The van der Waals surface area contributed by atoms with Crippen LogP contribution in [0.25, 0.3) is 11.4 Å². The van der Waals surface area contributed by atoms with Crippen LogP contribution in [0, 0.1) is 13.8 Å². The largest absolute Gasteiger partial charge is 0.522 e. The fourth-order valence-electron chi connectivity index (χ4n) is 2.80. The van der Waals surface area contributed by atoms with E-state index in [1.54, 1.807) is 21.5 Å². The number of aryl methyl sites for hydroxylation is 2. The van der Waals surface area contributed by atoms with E-state index >= 15 is 0 Å². The quantitative estimate of drug-likeness (QED) is 0.499. The van der Waals surface area contributed by atoms with Gasteiger partial charge >= 0.3 is 6.16 Å². The zero-order valence-electron chi connectivity index (χ0n) is 15.4. The topological polar surface area (TPSA) is 71.2 Å². The molecule has 7 nitrogen and oxygen atoms in total. The normalized spacial score (nSPS) is 10.6. The molecule has 0 aliphatic rings. The monoisotopic (exact) mass is 374 g/mol. The molecule has 7 heteroatoms. The Morgan fingerprint density at radius 2 is 1.11 bits per heavy atom. The lowest BCUT2D eigenvalue weighted by Crippen LogP contribution is -2.17. The van der Waals surface area contributed by atoms with Gasteiger partial charge in [0.25, 0.3) is 0 Å². The minimum absolute atomic E-state index is 0.274. The van der Waals surface area contributed by atoms with E-state index in [1.807, 2.05) is 74.5 Å². The van der Waals surface area contributed by atoms with Crippen molar-refractivity contribution in [2.75, 3.05) is 0 Å². The molecular weight excluding hydrogens is 356 g/mol. The van der Waals surface area contributed by atoms with E-state index in [0.717, 1.165) is 22.8 Å². The van der Waals surface area contributed by atoms with Gasteiger partial charge in [-0.15, -0.1) is 0 Å². The van der Waals surface area contributed by atoms with Crippen LogP contribution in [0.15, 0.2) is 72.8 Å². The first-order valence-electron chi connectivity index (χ1n) is 8.74. The minimum atomic E-state index is -0.867. The molecule has 0 aliphatic carbocycles. The molecule has 0 atom stereocenters. The van der Waals surface area contributed by atoms with Crippen molar-refractivity contribution in [2.24, 2.45) is 0 Å². The predicted molar refractivity (Wildman–Crippen MR) is 103 cm³/mol. The molecule has 28 heavy (non-hydrogen) atoms. The van der Waals surface area contributed by atoms with Gasteiger partial charge in [-0.2, -0.15) is 10.2 Å². The van der Waals surface area contributed by atoms with Crippen LogP contribution in [-0.4, -0.2) is 25.7 Å². The summed E-state index contributed by atoms with van der Waals surface area (Å²) < 4.78 is 13.9. The molecule has 0 aliphatic heterocycles. The zero-order valence-corrected chi connectivity index (χ0v) is 15.4. The number of carbonyl (C=O) groups excluding carboxylic acids is 1. The summed E-state index contributed by atoms with van der Waals surface area (Å²) in [4.78, 5) is 12.4. The fraction of sp³-hybridized carbons (Fsp3) is 0.0952. The number of rotatable bonds is 4. The van der Waals surface area contributed by atoms with Crippen molar-refractivity contribution in [1.29, 1.82) is 0 Å². The molecule has 0 bridgehead atoms. The maximum Gasteiger partial charge on any atom is 0.522 e. The highest BCUT2D eigenvalue weighted by molar-refractivity contribution is 5.66. The third-order valence-corrected chi connectivity index (χ3v) is 3.98. The number of carbonyl (C=O) groups is 1. The van der Waals surface area contributed by atoms with Crippen LogP contribution in [0.5, 0.6) is 11.8 Å². The van der Waals surface area contributed by atoms with Gasteiger partial charge in [0.2, 0.25) is 11.8 Å². The van der Waals surface area contributed by atoms with Crippen LogP contribution < -0.4 is 9.47 Å². The Labute approximate surface area is 161 Å². The molecule has 0 unspecified atom stereocenters. The van der Waals surface area contributed by atoms with Crippen molar-refractivity contribution < 1.29 is 14.3 Å². The molecule has 0 saturated heterocycles. The molecule has 0 radical (unpaired) electrons. The Morgan fingerprint density at radius 3 is 1.50 bits per heavy atom. The highest BCUT2D eigenvalue weighted by atomic mass is 16.7. The lowest BCUT2D eigenvalue weighted by Gasteiger charge is -2.09. The van der Waals surface area contributed by atoms with Crippen LogP contribution in [0.2, 0.25) is 0 Å². The van der Waals surface area contributed by atoms with Gasteiger partial charge in [-0.3, -0.25) is 0 Å². The summed E-state index contributed by atoms with van der Waals surface area (Å²) >= 11 is 0. The standard InChI is InChI=1S/C21H18N4O3/c1-15-13-19(24(22-15)17-9-5-3-6-10-17)27-21(26)28-20-14-16(2)23-25(20)18-11-7-4-8-12-18/h3-14H,1-2H3. The minimum Gasteiger partial charge on any atom is -0.375 e. The average Bonchev–Trinajstić information content (AvgIpc) is 3.25. The van der Waals surface area contributed by atoms with Crippen molar-refractivity contribution in [3.63, 3.8) is 0 Å². The molecule has 2 heterocycles. The van der Waals surface area contributed by atoms with Crippen molar-refractivity contribution >= 4 is 6.16 Å². The summed E-state index contributed by atoms with van der Waals surface area (Å²) in [5.41, 5.74) is 3.00. The first-order valence-corrected chi connectivity index (χ1v) is 8.74. The van der Waals surface area contributed by atoms with E-state index in [0.29, 0.717) is 0 Å². The molecule has 0 saturated carbocycles. The van der Waals surface area contributed by atoms with Gasteiger partial charge in [0, 0.05) is 12.1 Å². The Morgan fingerprint density at radius 1 is 0.714 bits per heavy atom. The summed E-state index contributed by atoms with van der Waals surface area (Å²) in [6, 6.07) is 22.2. The van der Waals surface area contributed by atoms with Crippen LogP contribution >= 0.6 is 0 Å². The van der Waals surface area contributed by atoms with Crippen molar-refractivity contribution in [3.8, 4) is 23.1 Å². The highest BCUT2D eigenvalue weighted by Crippen LogP contribution is 2.22. The Kier molecular flexibility index (Phi) is 4.63. The molecule has 0 spiro atoms. The van der Waals surface area contributed by atoms with Gasteiger partial charge in [-0.1, -0.05) is 36.4 Å². The first-order chi connectivity index (χ1) is 13.6. The van der Waals surface area contributed by atoms with Gasteiger partial charge in [0.1, 0.15) is 0 Å². The number of ether oxygens (including phenoxy) is 2. The van der Waals surface area contributed by atoms with Gasteiger partial charge in [0.15, 0.2) is 0 Å². The van der Waals surface area contributed by atoms with E-state index in [2.05, 4.69) is 10.2 Å². The highest BCUT2D eigenvalue weighted by Gasteiger charge is 2.18. The summed E-state index contributed by atoms with van der Waals surface area (Å²) in [5.74, 6) is 0.549. The van der Waals surface area contributed by atoms with E-state index in [-0.39, 0.29) is 11.8 Å². The fourth-order valence-corrected chi connectivity index (χ4v) is 2.80. The van der Waals surface area contributed by atoms with Crippen molar-refractivity contribution in [3.05, 3.63) is 84.2 Å². The third-order valence-electron chi connectivity index (χ3n) is 3.98. The second-order valence-corrected chi connectivity index (χ2v) is 6.20. The van der Waals surface area contributed by atoms with Crippen molar-refractivity contribution in [1.82, 2.24) is 19.6 Å². The molecule has 0 N–H and O–H groups in total. The number of para-hydroxylation sites is 2. The molecule has 140 valence electrons. The molecule has 2 aromatic heterocycles. The lowest BCUT2D eigenvalue weighted by atomic mass is 10.3. The maximum absolute atomic E-state index is 12.4. The smallest absolute Gasteiger partial charge is 0.375 e.